The molecular weight excluding hydrogens is 384 g/mol. The van der Waals surface area contributed by atoms with Gasteiger partial charge in [-0.25, -0.2) is 0 Å². The molecule has 0 aliphatic heterocycles. The Kier molecular flexibility index (Phi) is 6.92. The molecule has 1 aliphatic rings. The average Bonchev–Trinajstić information content (AvgIpc) is 3.41. The van der Waals surface area contributed by atoms with Gasteiger partial charge in [-0.2, -0.15) is 0 Å². The molecule has 0 saturated heterocycles. The van der Waals surface area contributed by atoms with Crippen molar-refractivity contribution in [3.63, 3.8) is 0 Å². The molecule has 0 radical (unpaired) electrons. The van der Waals surface area contributed by atoms with Gasteiger partial charge in [-0.05, 0) is 48.3 Å². The third-order valence-electron chi connectivity index (χ3n) is 4.79. The maximum Gasteiger partial charge on any atom is 0.276 e. The quantitative estimate of drug-likeness (QED) is 0.726. The molecule has 0 bridgehead atoms. The van der Waals surface area contributed by atoms with Crippen LogP contribution >= 0.6 is 22.9 Å². The molecule has 0 spiro atoms. The lowest BCUT2D eigenvalue weighted by molar-refractivity contribution is -0.126. The predicted molar refractivity (Wildman–Crippen MR) is 105 cm³/mol. The van der Waals surface area contributed by atoms with Crippen LogP contribution in [0, 0.1) is 6.92 Å². The molecule has 9 heteroatoms. The van der Waals surface area contributed by atoms with Gasteiger partial charge in [0.05, 0.1) is 6.61 Å². The molecule has 1 atom stereocenters. The number of carbonyl (C=O) groups is 2. The van der Waals surface area contributed by atoms with Crippen molar-refractivity contribution in [2.75, 3.05) is 20.3 Å². The molecule has 2 heterocycles. The van der Waals surface area contributed by atoms with Crippen LogP contribution in [0.15, 0.2) is 16.8 Å². The molecule has 1 aliphatic carbocycles. The molecule has 1 saturated carbocycles. The fourth-order valence-corrected chi connectivity index (χ4v) is 4.83. The van der Waals surface area contributed by atoms with Gasteiger partial charge in [-0.15, -0.1) is 16.4 Å². The molecule has 1 unspecified atom stereocenters. The van der Waals surface area contributed by atoms with E-state index < -0.39 is 6.04 Å². The van der Waals surface area contributed by atoms with E-state index in [0.717, 1.165) is 47.7 Å². The summed E-state index contributed by atoms with van der Waals surface area (Å²) in [7, 11) is 1.58. The van der Waals surface area contributed by atoms with Crippen molar-refractivity contribution >= 4 is 34.7 Å². The van der Waals surface area contributed by atoms with E-state index in [9.17, 15) is 9.59 Å². The van der Waals surface area contributed by atoms with Gasteiger partial charge in [-0.1, -0.05) is 17.3 Å². The monoisotopic (exact) mass is 408 g/mol. The molecule has 2 amide bonds. The third kappa shape index (κ3) is 4.72. The number of carbonyl (C=O) groups excluding carboxylic acids is 2. The lowest BCUT2D eigenvalue weighted by Crippen LogP contribution is -2.47. The second-order valence-corrected chi connectivity index (χ2v) is 8.20. The number of aromatic nitrogens is 2. The predicted octanol–water partition coefficient (Wildman–Crippen LogP) is 2.80. The minimum Gasteiger partial charge on any atom is -0.383 e. The van der Waals surface area contributed by atoms with Gasteiger partial charge < -0.3 is 15.0 Å². The molecular formula is C18H24N4O3S2. The average molecular weight is 409 g/mol. The zero-order valence-corrected chi connectivity index (χ0v) is 17.1. The maximum atomic E-state index is 13.3. The summed E-state index contributed by atoms with van der Waals surface area (Å²) < 4.78 is 8.98. The topological polar surface area (TPSA) is 84.4 Å². The van der Waals surface area contributed by atoms with E-state index in [2.05, 4.69) is 14.9 Å². The SMILES string of the molecule is COCCN(C(=O)c1csnn1)C(C(=O)NC1CCCC1)c1sccc1C. The van der Waals surface area contributed by atoms with Crippen LogP contribution in [0.5, 0.6) is 0 Å². The van der Waals surface area contributed by atoms with Crippen molar-refractivity contribution in [2.24, 2.45) is 0 Å². The van der Waals surface area contributed by atoms with Crippen LogP contribution in [0.3, 0.4) is 0 Å². The van der Waals surface area contributed by atoms with Gasteiger partial charge >= 0.3 is 0 Å². The van der Waals surface area contributed by atoms with Crippen LogP contribution in [-0.2, 0) is 9.53 Å². The third-order valence-corrected chi connectivity index (χ3v) is 6.36. The Hall–Kier alpha value is -1.84. The Balaban J connectivity index is 1.92. The number of methoxy groups -OCH3 is 1. The summed E-state index contributed by atoms with van der Waals surface area (Å²) in [5.74, 6) is -0.444. The van der Waals surface area contributed by atoms with Gasteiger partial charge in [-0.3, -0.25) is 9.59 Å². The fraction of sp³-hybridized carbons (Fsp3) is 0.556. The van der Waals surface area contributed by atoms with E-state index in [-0.39, 0.29) is 23.6 Å². The Morgan fingerprint density at radius 1 is 1.41 bits per heavy atom. The summed E-state index contributed by atoms with van der Waals surface area (Å²) in [6.45, 7) is 2.60. The first-order valence-electron chi connectivity index (χ1n) is 9.03. The van der Waals surface area contributed by atoms with E-state index in [1.54, 1.807) is 17.4 Å². The number of hydrogen-bond donors (Lipinski definition) is 1. The highest BCUT2D eigenvalue weighted by atomic mass is 32.1. The normalized spacial score (nSPS) is 15.6. The van der Waals surface area contributed by atoms with Gasteiger partial charge in [0, 0.05) is 30.0 Å². The summed E-state index contributed by atoms with van der Waals surface area (Å²) >= 11 is 2.61. The summed E-state index contributed by atoms with van der Waals surface area (Å²) in [5.41, 5.74) is 1.25. The Labute approximate surface area is 166 Å². The first-order chi connectivity index (χ1) is 13.1. The van der Waals surface area contributed by atoms with E-state index in [1.165, 1.54) is 11.3 Å². The van der Waals surface area contributed by atoms with Gasteiger partial charge in [0.2, 0.25) is 5.91 Å². The van der Waals surface area contributed by atoms with Crippen LogP contribution in [0.4, 0.5) is 0 Å². The molecule has 3 rings (SSSR count). The van der Waals surface area contributed by atoms with Crippen LogP contribution in [0.1, 0.15) is 52.7 Å². The molecule has 27 heavy (non-hydrogen) atoms. The number of hydrogen-bond acceptors (Lipinski definition) is 7. The zero-order chi connectivity index (χ0) is 19.2. The number of amides is 2. The number of rotatable bonds is 8. The summed E-state index contributed by atoms with van der Waals surface area (Å²) in [6, 6.07) is 1.45. The van der Waals surface area contributed by atoms with E-state index in [1.807, 2.05) is 18.4 Å². The molecule has 1 fully saturated rings. The lowest BCUT2D eigenvalue weighted by atomic mass is 10.1. The number of thiophene rings is 1. The van der Waals surface area contributed by atoms with Crippen molar-refractivity contribution < 1.29 is 14.3 Å². The standard InChI is InChI=1S/C18H24N4O3S2/c1-12-7-10-26-16(12)15(17(23)19-13-5-3-4-6-13)22(8-9-25-2)18(24)14-11-27-21-20-14/h7,10-11,13,15H,3-6,8-9H2,1-2H3,(H,19,23). The molecule has 1 N–H and O–H groups in total. The highest BCUT2D eigenvalue weighted by Gasteiger charge is 2.35. The lowest BCUT2D eigenvalue weighted by Gasteiger charge is -2.31. The smallest absolute Gasteiger partial charge is 0.276 e. The van der Waals surface area contributed by atoms with E-state index in [4.69, 9.17) is 4.74 Å². The van der Waals surface area contributed by atoms with Crippen LogP contribution in [0.2, 0.25) is 0 Å². The van der Waals surface area contributed by atoms with E-state index >= 15 is 0 Å². The van der Waals surface area contributed by atoms with Crippen molar-refractivity contribution in [2.45, 2.75) is 44.7 Å². The minimum atomic E-state index is -0.699. The zero-order valence-electron chi connectivity index (χ0n) is 15.5. The van der Waals surface area contributed by atoms with E-state index in [0.29, 0.717) is 13.2 Å². The number of nitrogens with one attached hydrogen (secondary N) is 1. The van der Waals surface area contributed by atoms with Crippen molar-refractivity contribution in [3.05, 3.63) is 33.0 Å². The summed E-state index contributed by atoms with van der Waals surface area (Å²) in [5, 5.41) is 10.6. The Bertz CT molecular complexity index is 757. The highest BCUT2D eigenvalue weighted by molar-refractivity contribution is 7.10. The molecule has 0 aromatic carbocycles. The van der Waals surface area contributed by atoms with Crippen molar-refractivity contribution in [1.82, 2.24) is 19.8 Å². The number of aryl methyl sites for hydroxylation is 1. The van der Waals surface area contributed by atoms with Gasteiger partial charge in [0.15, 0.2) is 5.69 Å². The second kappa shape index (κ2) is 9.38. The van der Waals surface area contributed by atoms with Crippen LogP contribution in [0.25, 0.3) is 0 Å². The number of ether oxygens (including phenoxy) is 1. The van der Waals surface area contributed by atoms with Gasteiger partial charge in [0.1, 0.15) is 6.04 Å². The van der Waals surface area contributed by atoms with Crippen LogP contribution in [-0.4, -0.2) is 52.6 Å². The van der Waals surface area contributed by atoms with Crippen molar-refractivity contribution in [3.8, 4) is 0 Å². The molecule has 7 nitrogen and oxygen atoms in total. The van der Waals surface area contributed by atoms with Gasteiger partial charge in [0.25, 0.3) is 5.91 Å². The van der Waals surface area contributed by atoms with Crippen LogP contribution < -0.4 is 5.32 Å². The Morgan fingerprint density at radius 3 is 2.78 bits per heavy atom. The number of nitrogens with zero attached hydrogens (tertiary/aromatic N) is 3. The maximum absolute atomic E-state index is 13.3. The largest absolute Gasteiger partial charge is 0.383 e. The first kappa shape index (κ1) is 19.9. The molecule has 2 aromatic heterocycles. The summed E-state index contributed by atoms with van der Waals surface area (Å²) in [4.78, 5) is 28.8. The minimum absolute atomic E-state index is 0.139. The second-order valence-electron chi connectivity index (χ2n) is 6.64. The summed E-state index contributed by atoms with van der Waals surface area (Å²) in [6.07, 6.45) is 4.24. The molecule has 146 valence electrons. The molecule has 2 aromatic rings. The first-order valence-corrected chi connectivity index (χ1v) is 10.7. The highest BCUT2D eigenvalue weighted by Crippen LogP contribution is 2.31. The Morgan fingerprint density at radius 2 is 2.19 bits per heavy atom. The fourth-order valence-electron chi connectivity index (χ4n) is 3.36. The van der Waals surface area contributed by atoms with Crippen molar-refractivity contribution in [1.29, 1.82) is 0 Å².